The maximum absolute atomic E-state index is 11.1. The third kappa shape index (κ3) is 2.16. The zero-order chi connectivity index (χ0) is 11.7. The number of carboxylic acids is 1. The number of hydrogen-bond donors (Lipinski definition) is 2. The lowest BCUT2D eigenvalue weighted by Gasteiger charge is -2.44. The van der Waals surface area contributed by atoms with Crippen LogP contribution in [0.5, 0.6) is 0 Å². The van der Waals surface area contributed by atoms with E-state index in [0.29, 0.717) is 13.2 Å². The van der Waals surface area contributed by atoms with E-state index in [1.807, 2.05) is 0 Å². The fourth-order valence-electron chi connectivity index (χ4n) is 1.99. The first-order chi connectivity index (χ1) is 6.80. The second kappa shape index (κ2) is 4.10. The number of aliphatic carboxylic acids is 1. The predicted octanol–water partition coefficient (Wildman–Crippen LogP) is 1.27. The molecule has 1 rings (SSSR count). The Kier molecular flexibility index (Phi) is 3.41. The molecule has 0 radical (unpaired) electrons. The minimum absolute atomic E-state index is 0.00245. The molecule has 0 bridgehead atoms. The molecule has 1 saturated heterocycles. The van der Waals surface area contributed by atoms with Gasteiger partial charge in [-0.15, -0.1) is 0 Å². The molecule has 15 heavy (non-hydrogen) atoms. The monoisotopic (exact) mass is 216 g/mol. The van der Waals surface area contributed by atoms with Crippen LogP contribution < -0.4 is 0 Å². The first-order valence-electron chi connectivity index (χ1n) is 5.33. The Balaban J connectivity index is 2.84. The highest BCUT2D eigenvalue weighted by atomic mass is 16.5. The van der Waals surface area contributed by atoms with Gasteiger partial charge in [0.2, 0.25) is 0 Å². The Labute approximate surface area is 90.2 Å². The van der Waals surface area contributed by atoms with Crippen LogP contribution in [0.3, 0.4) is 0 Å². The van der Waals surface area contributed by atoms with Gasteiger partial charge in [0.15, 0.2) is 0 Å². The van der Waals surface area contributed by atoms with Crippen LogP contribution in [0, 0.1) is 11.3 Å². The molecular weight excluding hydrogens is 196 g/mol. The van der Waals surface area contributed by atoms with Crippen LogP contribution in [0.2, 0.25) is 0 Å². The lowest BCUT2D eigenvalue weighted by atomic mass is 9.66. The smallest absolute Gasteiger partial charge is 0.312 e. The summed E-state index contributed by atoms with van der Waals surface area (Å²) < 4.78 is 5.21. The second-order valence-electron chi connectivity index (χ2n) is 4.96. The molecule has 1 aliphatic heterocycles. The van der Waals surface area contributed by atoms with Crippen molar-refractivity contribution < 1.29 is 19.7 Å². The Morgan fingerprint density at radius 1 is 1.27 bits per heavy atom. The average Bonchev–Trinajstić information content (AvgIpc) is 2.18. The molecule has 1 atom stereocenters. The first-order valence-corrected chi connectivity index (χ1v) is 5.33. The summed E-state index contributed by atoms with van der Waals surface area (Å²) >= 11 is 0. The Hall–Kier alpha value is -0.610. The number of hydrogen-bond acceptors (Lipinski definition) is 3. The number of aliphatic hydroxyl groups is 1. The standard InChI is InChI=1S/C11H20O4/c1-10(2,9(12)13)11(3,14)8-4-6-15-7-5-8/h8,14H,4-7H2,1-3H3,(H,12,13). The van der Waals surface area contributed by atoms with Crippen molar-refractivity contribution in [1.82, 2.24) is 0 Å². The van der Waals surface area contributed by atoms with E-state index in [1.165, 1.54) is 0 Å². The summed E-state index contributed by atoms with van der Waals surface area (Å²) in [5.74, 6) is -0.962. The van der Waals surface area contributed by atoms with Gasteiger partial charge in [0.1, 0.15) is 0 Å². The van der Waals surface area contributed by atoms with Crippen LogP contribution >= 0.6 is 0 Å². The van der Waals surface area contributed by atoms with Crippen molar-refractivity contribution in [3.8, 4) is 0 Å². The van der Waals surface area contributed by atoms with Gasteiger partial charge in [-0.3, -0.25) is 4.79 Å². The molecule has 1 aliphatic rings. The van der Waals surface area contributed by atoms with E-state index in [-0.39, 0.29) is 5.92 Å². The van der Waals surface area contributed by atoms with Gasteiger partial charge in [-0.05, 0) is 39.5 Å². The van der Waals surface area contributed by atoms with Gasteiger partial charge in [0, 0.05) is 13.2 Å². The van der Waals surface area contributed by atoms with Gasteiger partial charge in [-0.25, -0.2) is 0 Å². The topological polar surface area (TPSA) is 66.8 Å². The van der Waals surface area contributed by atoms with Crippen molar-refractivity contribution >= 4 is 5.97 Å². The molecule has 2 N–H and O–H groups in total. The van der Waals surface area contributed by atoms with E-state index in [9.17, 15) is 9.90 Å². The third-order valence-corrected chi connectivity index (χ3v) is 3.82. The Morgan fingerprint density at radius 2 is 1.73 bits per heavy atom. The van der Waals surface area contributed by atoms with Gasteiger partial charge in [-0.2, -0.15) is 0 Å². The van der Waals surface area contributed by atoms with Gasteiger partial charge < -0.3 is 14.9 Å². The highest BCUT2D eigenvalue weighted by Crippen LogP contribution is 2.41. The number of carboxylic acid groups (broad SMARTS) is 1. The first kappa shape index (κ1) is 12.5. The van der Waals surface area contributed by atoms with Crippen molar-refractivity contribution in [2.75, 3.05) is 13.2 Å². The van der Waals surface area contributed by atoms with Crippen molar-refractivity contribution in [2.45, 2.75) is 39.2 Å². The average molecular weight is 216 g/mol. The van der Waals surface area contributed by atoms with Crippen LogP contribution in [0.4, 0.5) is 0 Å². The fraction of sp³-hybridized carbons (Fsp3) is 0.909. The van der Waals surface area contributed by atoms with E-state index < -0.39 is 17.0 Å². The van der Waals surface area contributed by atoms with E-state index in [0.717, 1.165) is 12.8 Å². The lowest BCUT2D eigenvalue weighted by molar-refractivity contribution is -0.175. The lowest BCUT2D eigenvalue weighted by Crippen LogP contribution is -2.53. The molecule has 0 aromatic carbocycles. The maximum atomic E-state index is 11.1. The van der Waals surface area contributed by atoms with Crippen molar-refractivity contribution in [3.05, 3.63) is 0 Å². The number of carbonyl (C=O) groups is 1. The summed E-state index contributed by atoms with van der Waals surface area (Å²) in [5, 5.41) is 19.5. The molecule has 1 unspecified atom stereocenters. The summed E-state index contributed by atoms with van der Waals surface area (Å²) in [6, 6.07) is 0. The Morgan fingerprint density at radius 3 is 2.13 bits per heavy atom. The molecule has 0 aromatic heterocycles. The quantitative estimate of drug-likeness (QED) is 0.745. The predicted molar refractivity (Wildman–Crippen MR) is 55.6 cm³/mol. The molecule has 0 aliphatic carbocycles. The summed E-state index contributed by atoms with van der Waals surface area (Å²) in [7, 11) is 0. The highest BCUT2D eigenvalue weighted by Gasteiger charge is 2.50. The van der Waals surface area contributed by atoms with Gasteiger partial charge in [0.05, 0.1) is 11.0 Å². The summed E-state index contributed by atoms with van der Waals surface area (Å²) in [6.45, 7) is 5.99. The van der Waals surface area contributed by atoms with Crippen LogP contribution in [-0.4, -0.2) is 35.0 Å². The van der Waals surface area contributed by atoms with Crippen molar-refractivity contribution in [3.63, 3.8) is 0 Å². The second-order valence-corrected chi connectivity index (χ2v) is 4.96. The summed E-state index contributed by atoms with van der Waals surface area (Å²) in [6.07, 6.45) is 1.45. The molecule has 4 nitrogen and oxygen atoms in total. The molecule has 4 heteroatoms. The number of rotatable bonds is 3. The zero-order valence-corrected chi connectivity index (χ0v) is 9.62. The van der Waals surface area contributed by atoms with Crippen molar-refractivity contribution in [1.29, 1.82) is 0 Å². The van der Waals surface area contributed by atoms with Gasteiger partial charge in [0.25, 0.3) is 0 Å². The zero-order valence-electron chi connectivity index (χ0n) is 9.62. The normalized spacial score (nSPS) is 23.5. The van der Waals surface area contributed by atoms with E-state index >= 15 is 0 Å². The summed E-state index contributed by atoms with van der Waals surface area (Å²) in [4.78, 5) is 11.1. The van der Waals surface area contributed by atoms with E-state index in [4.69, 9.17) is 9.84 Å². The third-order valence-electron chi connectivity index (χ3n) is 3.82. The van der Waals surface area contributed by atoms with E-state index in [1.54, 1.807) is 20.8 Å². The Bertz CT molecular complexity index is 239. The minimum atomic E-state index is -1.19. The molecule has 0 spiro atoms. The molecule has 88 valence electrons. The van der Waals surface area contributed by atoms with Gasteiger partial charge in [-0.1, -0.05) is 0 Å². The minimum Gasteiger partial charge on any atom is -0.481 e. The number of ether oxygens (including phenoxy) is 1. The molecule has 1 fully saturated rings. The van der Waals surface area contributed by atoms with Crippen LogP contribution in [0.1, 0.15) is 33.6 Å². The molecule has 0 saturated carbocycles. The van der Waals surface area contributed by atoms with Crippen LogP contribution in [0.15, 0.2) is 0 Å². The molecule has 1 heterocycles. The molecule has 0 aromatic rings. The van der Waals surface area contributed by atoms with Crippen molar-refractivity contribution in [2.24, 2.45) is 11.3 Å². The fourth-order valence-corrected chi connectivity index (χ4v) is 1.99. The van der Waals surface area contributed by atoms with Crippen LogP contribution in [-0.2, 0) is 9.53 Å². The maximum Gasteiger partial charge on any atom is 0.312 e. The van der Waals surface area contributed by atoms with E-state index in [2.05, 4.69) is 0 Å². The SMILES string of the molecule is CC(C)(C(=O)O)C(C)(O)C1CCOCC1. The van der Waals surface area contributed by atoms with Gasteiger partial charge >= 0.3 is 5.97 Å². The highest BCUT2D eigenvalue weighted by molar-refractivity contribution is 5.75. The molecule has 0 amide bonds. The van der Waals surface area contributed by atoms with Crippen LogP contribution in [0.25, 0.3) is 0 Å². The largest absolute Gasteiger partial charge is 0.481 e. The molecular formula is C11H20O4. The summed E-state index contributed by atoms with van der Waals surface area (Å²) in [5.41, 5.74) is -2.32.